The maximum Gasteiger partial charge on any atom is 0.161 e. The van der Waals surface area contributed by atoms with E-state index in [2.05, 4.69) is 0 Å². The Morgan fingerprint density at radius 3 is 2.52 bits per heavy atom. The van der Waals surface area contributed by atoms with Gasteiger partial charge in [0.2, 0.25) is 0 Å². The summed E-state index contributed by atoms with van der Waals surface area (Å²) in [4.78, 5) is 0. The maximum absolute atomic E-state index is 6.39. The summed E-state index contributed by atoms with van der Waals surface area (Å²) < 4.78 is 16.1. The Labute approximate surface area is 123 Å². The number of ether oxygens (including phenoxy) is 2. The third-order valence-corrected chi connectivity index (χ3v) is 3.61. The first-order valence-electron chi connectivity index (χ1n) is 6.68. The number of benzene rings is 2. The van der Waals surface area contributed by atoms with E-state index in [0.717, 1.165) is 22.1 Å². The van der Waals surface area contributed by atoms with Crippen LogP contribution in [0.2, 0.25) is 0 Å². The van der Waals surface area contributed by atoms with Crippen LogP contribution >= 0.6 is 0 Å². The van der Waals surface area contributed by atoms with Crippen molar-refractivity contribution >= 4 is 11.0 Å². The van der Waals surface area contributed by atoms with Crippen LogP contribution in [0.1, 0.15) is 17.2 Å². The lowest BCUT2D eigenvalue weighted by Gasteiger charge is -2.14. The fourth-order valence-electron chi connectivity index (χ4n) is 2.47. The van der Waals surface area contributed by atoms with E-state index in [1.807, 2.05) is 42.5 Å². The first kappa shape index (κ1) is 13.5. The molecule has 0 amide bonds. The molecule has 4 heteroatoms. The van der Waals surface area contributed by atoms with Gasteiger partial charge in [-0.1, -0.05) is 24.3 Å². The number of furan rings is 1. The highest BCUT2D eigenvalue weighted by atomic mass is 16.5. The van der Waals surface area contributed by atoms with Crippen LogP contribution in [0, 0.1) is 0 Å². The van der Waals surface area contributed by atoms with E-state index in [9.17, 15) is 0 Å². The minimum atomic E-state index is -0.284. The van der Waals surface area contributed by atoms with Crippen molar-refractivity contribution in [2.24, 2.45) is 5.73 Å². The third-order valence-electron chi connectivity index (χ3n) is 3.61. The molecule has 0 bridgehead atoms. The highest BCUT2D eigenvalue weighted by molar-refractivity contribution is 5.81. The molecular formula is C17H17NO3. The molecule has 108 valence electrons. The van der Waals surface area contributed by atoms with E-state index in [4.69, 9.17) is 19.6 Å². The highest BCUT2D eigenvalue weighted by Crippen LogP contribution is 2.34. The zero-order valence-corrected chi connectivity index (χ0v) is 12.0. The van der Waals surface area contributed by atoms with E-state index in [1.54, 1.807) is 20.5 Å². The molecule has 1 atom stereocenters. The predicted molar refractivity (Wildman–Crippen MR) is 81.8 cm³/mol. The van der Waals surface area contributed by atoms with Gasteiger partial charge in [-0.15, -0.1) is 0 Å². The Bertz CT molecular complexity index is 764. The number of methoxy groups -OCH3 is 2. The average molecular weight is 283 g/mol. The fraction of sp³-hybridized carbons (Fsp3) is 0.176. The van der Waals surface area contributed by atoms with Gasteiger partial charge in [-0.05, 0) is 23.8 Å². The number of hydrogen-bond donors (Lipinski definition) is 1. The Morgan fingerprint density at radius 2 is 1.76 bits per heavy atom. The van der Waals surface area contributed by atoms with Crippen LogP contribution < -0.4 is 15.2 Å². The second kappa shape index (κ2) is 5.50. The summed E-state index contributed by atoms with van der Waals surface area (Å²) in [6.07, 6.45) is 1.71. The van der Waals surface area contributed by atoms with Crippen LogP contribution in [0.3, 0.4) is 0 Å². The molecule has 4 nitrogen and oxygen atoms in total. The topological polar surface area (TPSA) is 57.6 Å². The second-order valence-electron chi connectivity index (χ2n) is 4.78. The number of fused-ring (bicyclic) bond motifs is 1. The predicted octanol–water partition coefficient (Wildman–Crippen LogP) is 3.50. The van der Waals surface area contributed by atoms with Gasteiger partial charge in [-0.3, -0.25) is 0 Å². The fourth-order valence-corrected chi connectivity index (χ4v) is 2.47. The van der Waals surface area contributed by atoms with Gasteiger partial charge in [0.25, 0.3) is 0 Å². The van der Waals surface area contributed by atoms with E-state index >= 15 is 0 Å². The van der Waals surface area contributed by atoms with Crippen LogP contribution in [-0.4, -0.2) is 14.2 Å². The van der Waals surface area contributed by atoms with Crippen molar-refractivity contribution in [3.63, 3.8) is 0 Å². The summed E-state index contributed by atoms with van der Waals surface area (Å²) >= 11 is 0. The lowest BCUT2D eigenvalue weighted by atomic mass is 9.98. The molecule has 0 saturated heterocycles. The van der Waals surface area contributed by atoms with Crippen molar-refractivity contribution in [3.8, 4) is 11.5 Å². The first-order valence-corrected chi connectivity index (χ1v) is 6.68. The highest BCUT2D eigenvalue weighted by Gasteiger charge is 2.16. The molecule has 0 radical (unpaired) electrons. The lowest BCUT2D eigenvalue weighted by Crippen LogP contribution is -2.11. The minimum Gasteiger partial charge on any atom is -0.493 e. The van der Waals surface area contributed by atoms with Crippen LogP contribution in [0.25, 0.3) is 11.0 Å². The van der Waals surface area contributed by atoms with Crippen molar-refractivity contribution in [2.75, 3.05) is 14.2 Å². The Balaban J connectivity index is 2.04. The number of para-hydroxylation sites is 1. The molecule has 0 aliphatic heterocycles. The van der Waals surface area contributed by atoms with Gasteiger partial charge >= 0.3 is 0 Å². The molecule has 3 aromatic rings. The summed E-state index contributed by atoms with van der Waals surface area (Å²) in [6.45, 7) is 0. The average Bonchev–Trinajstić information content (AvgIpc) is 2.97. The van der Waals surface area contributed by atoms with Crippen LogP contribution in [0.15, 0.2) is 53.1 Å². The Kier molecular flexibility index (Phi) is 3.54. The Morgan fingerprint density at radius 1 is 1.00 bits per heavy atom. The van der Waals surface area contributed by atoms with E-state index in [0.29, 0.717) is 11.5 Å². The summed E-state index contributed by atoms with van der Waals surface area (Å²) in [5.41, 5.74) is 9.12. The number of hydrogen-bond acceptors (Lipinski definition) is 4. The first-order chi connectivity index (χ1) is 10.2. The summed E-state index contributed by atoms with van der Waals surface area (Å²) in [7, 11) is 3.22. The van der Waals surface area contributed by atoms with Crippen molar-refractivity contribution in [1.29, 1.82) is 0 Å². The molecular weight excluding hydrogens is 266 g/mol. The monoisotopic (exact) mass is 283 g/mol. The standard InChI is InChI=1S/C17H17NO3/c1-19-15-8-7-11(9-16(15)20-2)17(18)13-10-21-14-6-4-3-5-12(13)14/h3-10,17H,18H2,1-2H3. The van der Waals surface area contributed by atoms with Crippen LogP contribution in [0.4, 0.5) is 0 Å². The lowest BCUT2D eigenvalue weighted by molar-refractivity contribution is 0.354. The zero-order valence-electron chi connectivity index (χ0n) is 12.0. The zero-order chi connectivity index (χ0) is 14.8. The molecule has 2 N–H and O–H groups in total. The Hall–Kier alpha value is -2.46. The molecule has 0 fully saturated rings. The summed E-state index contributed by atoms with van der Waals surface area (Å²) in [6, 6.07) is 13.3. The van der Waals surface area contributed by atoms with E-state index in [-0.39, 0.29) is 6.04 Å². The molecule has 1 aromatic heterocycles. The molecule has 3 rings (SSSR count). The maximum atomic E-state index is 6.39. The molecule has 1 heterocycles. The van der Waals surface area contributed by atoms with Crippen molar-refractivity contribution in [3.05, 3.63) is 59.9 Å². The van der Waals surface area contributed by atoms with Crippen LogP contribution in [-0.2, 0) is 0 Å². The van der Waals surface area contributed by atoms with Gasteiger partial charge < -0.3 is 19.6 Å². The second-order valence-corrected chi connectivity index (χ2v) is 4.78. The smallest absolute Gasteiger partial charge is 0.161 e. The molecule has 0 aliphatic rings. The normalized spacial score (nSPS) is 12.3. The molecule has 0 saturated carbocycles. The summed E-state index contributed by atoms with van der Waals surface area (Å²) in [5, 5.41) is 1.03. The largest absolute Gasteiger partial charge is 0.493 e. The van der Waals surface area contributed by atoms with Gasteiger partial charge in [0.05, 0.1) is 26.5 Å². The van der Waals surface area contributed by atoms with Gasteiger partial charge in [-0.2, -0.15) is 0 Å². The van der Waals surface area contributed by atoms with E-state index in [1.165, 1.54) is 0 Å². The third kappa shape index (κ3) is 2.34. The summed E-state index contributed by atoms with van der Waals surface area (Å²) in [5.74, 6) is 1.35. The van der Waals surface area contributed by atoms with Gasteiger partial charge in [0.15, 0.2) is 11.5 Å². The van der Waals surface area contributed by atoms with E-state index < -0.39 is 0 Å². The van der Waals surface area contributed by atoms with Gasteiger partial charge in [0, 0.05) is 10.9 Å². The van der Waals surface area contributed by atoms with Crippen LogP contribution in [0.5, 0.6) is 11.5 Å². The molecule has 21 heavy (non-hydrogen) atoms. The SMILES string of the molecule is COc1ccc(C(N)c2coc3ccccc23)cc1OC. The molecule has 1 unspecified atom stereocenters. The van der Waals surface area contributed by atoms with Gasteiger partial charge in [0.1, 0.15) is 5.58 Å². The van der Waals surface area contributed by atoms with Crippen molar-refractivity contribution in [1.82, 2.24) is 0 Å². The van der Waals surface area contributed by atoms with Crippen molar-refractivity contribution in [2.45, 2.75) is 6.04 Å². The minimum absolute atomic E-state index is 0.284. The number of rotatable bonds is 4. The molecule has 2 aromatic carbocycles. The molecule has 0 aliphatic carbocycles. The van der Waals surface area contributed by atoms with Crippen molar-refractivity contribution < 1.29 is 13.9 Å². The quantitative estimate of drug-likeness (QED) is 0.796. The number of nitrogens with two attached hydrogens (primary N) is 1. The van der Waals surface area contributed by atoms with Gasteiger partial charge in [-0.25, -0.2) is 0 Å². The molecule has 0 spiro atoms.